The summed E-state index contributed by atoms with van der Waals surface area (Å²) in [5.41, 5.74) is 0.782. The van der Waals surface area contributed by atoms with Crippen LogP contribution < -0.4 is 0 Å². The summed E-state index contributed by atoms with van der Waals surface area (Å²) in [6, 6.07) is 7.13. The second kappa shape index (κ2) is 14.0. The molecule has 27 heavy (non-hydrogen) atoms. The topological polar surface area (TPSA) is 149 Å². The average Bonchev–Trinajstić information content (AvgIpc) is 2.53. The summed E-state index contributed by atoms with van der Waals surface area (Å²) in [4.78, 5) is 42.1. The Kier molecular flexibility index (Phi) is 12.9. The zero-order valence-corrected chi connectivity index (χ0v) is 16.4. The first-order chi connectivity index (χ1) is 12.6. The minimum atomic E-state index is -0.932. The fourth-order valence-corrected chi connectivity index (χ4v) is 4.38. The molecule has 4 N–H and O–H groups in total. The zero-order chi connectivity index (χ0) is 20.8. The molecule has 0 atom stereocenters. The van der Waals surface area contributed by atoms with Gasteiger partial charge in [0.05, 0.1) is 6.42 Å². The highest BCUT2D eigenvalue weighted by molar-refractivity contribution is 7.80. The van der Waals surface area contributed by atoms with Crippen molar-refractivity contribution in [3.63, 3.8) is 0 Å². The van der Waals surface area contributed by atoms with E-state index in [1.807, 2.05) is 6.07 Å². The second-order valence-corrected chi connectivity index (χ2v) is 8.71. The van der Waals surface area contributed by atoms with Gasteiger partial charge in [-0.2, -0.15) is 0 Å². The van der Waals surface area contributed by atoms with E-state index in [0.29, 0.717) is 18.5 Å². The van der Waals surface area contributed by atoms with Crippen molar-refractivity contribution >= 4 is 44.4 Å². The highest BCUT2D eigenvalue weighted by Gasteiger charge is 2.13. The Bertz CT molecular complexity index is 607. The molecule has 1 rings (SSSR count). The molecule has 1 aromatic carbocycles. The van der Waals surface area contributed by atoms with Gasteiger partial charge in [-0.3, -0.25) is 19.2 Å². The fourth-order valence-electron chi connectivity index (χ4n) is 1.94. The van der Waals surface area contributed by atoms with Crippen LogP contribution in [0.3, 0.4) is 0 Å². The summed E-state index contributed by atoms with van der Waals surface area (Å²) in [6.07, 6.45) is 1.18. The van der Waals surface area contributed by atoms with Gasteiger partial charge in [0.25, 0.3) is 0 Å². The summed E-state index contributed by atoms with van der Waals surface area (Å²) in [5.74, 6) is -3.61. The number of hydrogen-bond acceptors (Lipinski definition) is 5. The molecule has 0 amide bonds. The van der Waals surface area contributed by atoms with E-state index in [0.717, 1.165) is 10.5 Å². The van der Waals surface area contributed by atoms with Crippen molar-refractivity contribution in [3.8, 4) is 0 Å². The molecule has 0 aliphatic carbocycles. The lowest BCUT2D eigenvalue weighted by molar-refractivity contribution is -0.137. The molecule has 0 heterocycles. The first-order valence-corrected chi connectivity index (χ1v) is 10.3. The van der Waals surface area contributed by atoms with Gasteiger partial charge < -0.3 is 20.4 Å². The van der Waals surface area contributed by atoms with E-state index in [9.17, 15) is 19.2 Å². The zero-order valence-electron chi connectivity index (χ0n) is 14.6. The Labute approximate surface area is 163 Å². The molecule has 0 radical (unpaired) electrons. The van der Waals surface area contributed by atoms with E-state index >= 15 is 0 Å². The van der Waals surface area contributed by atoms with E-state index in [4.69, 9.17) is 20.4 Å². The van der Waals surface area contributed by atoms with Crippen LogP contribution in [0, 0.1) is 0 Å². The van der Waals surface area contributed by atoms with E-state index in [-0.39, 0.29) is 25.7 Å². The first kappa shape index (κ1) is 24.9. The van der Waals surface area contributed by atoms with Crippen LogP contribution in [-0.4, -0.2) is 62.8 Å². The Balaban J connectivity index is 0.000000533. The number of thiol groups is 1. The van der Waals surface area contributed by atoms with Crippen LogP contribution in [0.5, 0.6) is 0 Å². The van der Waals surface area contributed by atoms with Gasteiger partial charge in [0.1, 0.15) is 0 Å². The van der Waals surface area contributed by atoms with Crippen molar-refractivity contribution in [2.75, 3.05) is 18.5 Å². The van der Waals surface area contributed by atoms with Crippen molar-refractivity contribution in [2.24, 2.45) is 0 Å². The lowest BCUT2D eigenvalue weighted by Gasteiger charge is -2.14. The molecular formula is C17H23O8PS. The van der Waals surface area contributed by atoms with Crippen LogP contribution in [0.1, 0.15) is 24.8 Å². The monoisotopic (exact) mass is 418 g/mol. The van der Waals surface area contributed by atoms with Gasteiger partial charge in [-0.05, 0) is 36.2 Å². The Morgan fingerprint density at radius 3 is 1.56 bits per heavy atom. The minimum Gasteiger partial charge on any atom is -0.481 e. The lowest BCUT2D eigenvalue weighted by Crippen LogP contribution is -2.07. The number of aliphatic carboxylic acids is 4. The second-order valence-electron chi connectivity index (χ2n) is 5.51. The van der Waals surface area contributed by atoms with Crippen molar-refractivity contribution < 1.29 is 39.6 Å². The fraction of sp³-hybridized carbons (Fsp3) is 0.412. The van der Waals surface area contributed by atoms with Crippen LogP contribution in [0.15, 0.2) is 29.2 Å². The Morgan fingerprint density at radius 2 is 1.22 bits per heavy atom. The van der Waals surface area contributed by atoms with E-state index in [1.165, 1.54) is 0 Å². The maximum atomic E-state index is 10.4. The van der Waals surface area contributed by atoms with Crippen LogP contribution in [0.2, 0.25) is 0 Å². The smallest absolute Gasteiger partial charge is 0.307 e. The van der Waals surface area contributed by atoms with Crippen LogP contribution >= 0.6 is 20.6 Å². The summed E-state index contributed by atoms with van der Waals surface area (Å²) in [7, 11) is -0.801. The molecule has 0 aliphatic rings. The van der Waals surface area contributed by atoms with Gasteiger partial charge >= 0.3 is 23.9 Å². The molecule has 0 aromatic heterocycles. The largest absolute Gasteiger partial charge is 0.481 e. The molecule has 0 aliphatic heterocycles. The molecule has 0 bridgehead atoms. The molecule has 8 nitrogen and oxygen atoms in total. The molecule has 150 valence electrons. The molecule has 0 saturated heterocycles. The van der Waals surface area contributed by atoms with Gasteiger partial charge in [-0.1, -0.05) is 12.1 Å². The van der Waals surface area contributed by atoms with E-state index in [2.05, 4.69) is 12.6 Å². The summed E-state index contributed by atoms with van der Waals surface area (Å²) in [6.45, 7) is 0. The quantitative estimate of drug-likeness (QED) is 0.272. The number of benzene rings is 1. The van der Waals surface area contributed by atoms with E-state index < -0.39 is 31.8 Å². The molecule has 0 spiro atoms. The van der Waals surface area contributed by atoms with Gasteiger partial charge in [0, 0.05) is 24.2 Å². The molecule has 1 aromatic rings. The maximum Gasteiger partial charge on any atom is 0.307 e. The molecule has 10 heteroatoms. The first-order valence-electron chi connectivity index (χ1n) is 7.97. The lowest BCUT2D eigenvalue weighted by atomic mass is 10.2. The van der Waals surface area contributed by atoms with Gasteiger partial charge in [-0.15, -0.1) is 20.6 Å². The third-order valence-electron chi connectivity index (χ3n) is 3.19. The van der Waals surface area contributed by atoms with E-state index in [1.54, 1.807) is 18.2 Å². The number of carboxylic acids is 4. The van der Waals surface area contributed by atoms with Crippen molar-refractivity contribution in [3.05, 3.63) is 29.8 Å². The molecule has 0 unspecified atom stereocenters. The average molecular weight is 418 g/mol. The van der Waals surface area contributed by atoms with Gasteiger partial charge in [-0.25, -0.2) is 0 Å². The normalized spacial score (nSPS) is 10.0. The summed E-state index contributed by atoms with van der Waals surface area (Å²) < 4.78 is 0. The minimum absolute atomic E-state index is 0.0229. The Hall–Kier alpha value is -2.12. The number of rotatable bonds is 11. The predicted molar refractivity (Wildman–Crippen MR) is 103 cm³/mol. The number of carboxylic acid groups (broad SMARTS) is 4. The standard InChI is InChI=1S/C9H15O6P.C8H8O2S/c10-7(11)1-4-16(5-2-8(12)13)6-3-9(14)15;9-8(10)5-6-2-1-3-7(11)4-6/h1-6H2,(H,10,11)(H,12,13)(H,14,15);1-4,11H,5H2,(H,9,10). The number of carbonyl (C=O) groups is 4. The maximum absolute atomic E-state index is 10.4. The van der Waals surface area contributed by atoms with Crippen molar-refractivity contribution in [2.45, 2.75) is 30.6 Å². The van der Waals surface area contributed by atoms with Crippen LogP contribution in [0.25, 0.3) is 0 Å². The molecule has 0 saturated carbocycles. The third kappa shape index (κ3) is 15.8. The highest BCUT2D eigenvalue weighted by atomic mass is 32.1. The molecular weight excluding hydrogens is 395 g/mol. The third-order valence-corrected chi connectivity index (χ3v) is 6.04. The summed E-state index contributed by atoms with van der Waals surface area (Å²) in [5, 5.41) is 33.9. The number of hydrogen-bond donors (Lipinski definition) is 5. The van der Waals surface area contributed by atoms with Crippen molar-refractivity contribution in [1.29, 1.82) is 0 Å². The van der Waals surface area contributed by atoms with Gasteiger partial charge in [0.2, 0.25) is 0 Å². The van der Waals surface area contributed by atoms with Crippen LogP contribution in [-0.2, 0) is 25.6 Å². The highest BCUT2D eigenvalue weighted by Crippen LogP contribution is 2.37. The van der Waals surface area contributed by atoms with Crippen LogP contribution in [0.4, 0.5) is 0 Å². The summed E-state index contributed by atoms with van der Waals surface area (Å²) >= 11 is 4.08. The van der Waals surface area contributed by atoms with Crippen molar-refractivity contribution in [1.82, 2.24) is 0 Å². The predicted octanol–water partition coefficient (Wildman–Crippen LogP) is 2.49. The van der Waals surface area contributed by atoms with Gasteiger partial charge in [0.15, 0.2) is 0 Å². The SMILES string of the molecule is O=C(O)CCP(CCC(=O)O)CCC(=O)O.O=C(O)Cc1cccc(S)c1. The molecule has 0 fully saturated rings. The Morgan fingerprint density at radius 1 is 0.778 bits per heavy atom.